The van der Waals surface area contributed by atoms with Crippen molar-refractivity contribution in [2.75, 3.05) is 5.32 Å². The Morgan fingerprint density at radius 1 is 1.29 bits per heavy atom. The van der Waals surface area contributed by atoms with Gasteiger partial charge < -0.3 is 10.4 Å². The summed E-state index contributed by atoms with van der Waals surface area (Å²) in [5.41, 5.74) is 2.74. The fourth-order valence-corrected chi connectivity index (χ4v) is 3.13. The first-order valence-corrected chi connectivity index (χ1v) is 7.36. The lowest BCUT2D eigenvalue weighted by Gasteiger charge is -2.15. The van der Waals surface area contributed by atoms with Crippen molar-refractivity contribution in [3.8, 4) is 5.75 Å². The molecule has 0 aromatic heterocycles. The van der Waals surface area contributed by atoms with Gasteiger partial charge >= 0.3 is 0 Å². The molecule has 0 spiro atoms. The molecule has 0 radical (unpaired) electrons. The van der Waals surface area contributed by atoms with Crippen molar-refractivity contribution in [3.63, 3.8) is 0 Å². The molecule has 0 aliphatic heterocycles. The number of nitro groups is 1. The summed E-state index contributed by atoms with van der Waals surface area (Å²) in [6.07, 6.45) is 1.84. The lowest BCUT2D eigenvalue weighted by molar-refractivity contribution is -0.384. The first kappa shape index (κ1) is 13.9. The fraction of sp³-hybridized carbons (Fsp3) is 0.200. The molecule has 1 unspecified atom stereocenters. The van der Waals surface area contributed by atoms with Crippen molar-refractivity contribution in [2.24, 2.45) is 0 Å². The number of anilines is 1. The fourth-order valence-electron chi connectivity index (χ4n) is 2.72. The molecule has 0 fully saturated rings. The molecule has 3 rings (SSSR count). The summed E-state index contributed by atoms with van der Waals surface area (Å²) in [5, 5.41) is 23.7. The van der Waals surface area contributed by atoms with Crippen LogP contribution in [0.4, 0.5) is 11.4 Å². The van der Waals surface area contributed by atoms with E-state index in [-0.39, 0.29) is 17.5 Å². The number of nitrogens with one attached hydrogen (secondary N) is 1. The predicted octanol–water partition coefficient (Wildman–Crippen LogP) is 4.16. The molecule has 0 amide bonds. The third-order valence-electron chi connectivity index (χ3n) is 3.69. The van der Waals surface area contributed by atoms with Gasteiger partial charge in [-0.3, -0.25) is 10.1 Å². The van der Waals surface area contributed by atoms with Gasteiger partial charge in [0.25, 0.3) is 5.69 Å². The zero-order valence-corrected chi connectivity index (χ0v) is 12.6. The van der Waals surface area contributed by atoms with E-state index in [1.54, 1.807) is 6.07 Å². The van der Waals surface area contributed by atoms with E-state index in [0.717, 1.165) is 17.3 Å². The number of aromatic hydroxyl groups is 1. The molecular formula is C15H13BrN2O3. The van der Waals surface area contributed by atoms with Crippen LogP contribution in [0.15, 0.2) is 40.9 Å². The molecule has 0 saturated heterocycles. The number of hydrogen-bond acceptors (Lipinski definition) is 4. The predicted molar refractivity (Wildman–Crippen MR) is 83.6 cm³/mol. The van der Waals surface area contributed by atoms with Gasteiger partial charge in [-0.15, -0.1) is 0 Å². The zero-order chi connectivity index (χ0) is 15.0. The van der Waals surface area contributed by atoms with Crippen LogP contribution in [0.25, 0.3) is 0 Å². The molecule has 0 saturated carbocycles. The third-order valence-corrected chi connectivity index (χ3v) is 4.18. The van der Waals surface area contributed by atoms with Crippen molar-refractivity contribution in [1.82, 2.24) is 0 Å². The standard InChI is InChI=1S/C15H13BrN2O3/c16-10-2-4-12-9(7-10)1-5-13(12)17-14-6-3-11(19)8-15(14)18(20)21/h2-4,6-8,13,17,19H,1,5H2. The molecule has 21 heavy (non-hydrogen) atoms. The van der Waals surface area contributed by atoms with Gasteiger partial charge in [-0.05, 0) is 48.2 Å². The van der Waals surface area contributed by atoms with Crippen LogP contribution in [0.3, 0.4) is 0 Å². The van der Waals surface area contributed by atoms with Crippen LogP contribution in [-0.4, -0.2) is 10.0 Å². The van der Waals surface area contributed by atoms with Gasteiger partial charge in [0.15, 0.2) is 0 Å². The van der Waals surface area contributed by atoms with Gasteiger partial charge in [-0.25, -0.2) is 0 Å². The molecule has 1 aliphatic carbocycles. The Labute approximate surface area is 129 Å². The summed E-state index contributed by atoms with van der Waals surface area (Å²) in [5.74, 6) is -0.108. The van der Waals surface area contributed by atoms with E-state index in [1.807, 2.05) is 12.1 Å². The normalized spacial score (nSPS) is 16.5. The summed E-state index contributed by atoms with van der Waals surface area (Å²) < 4.78 is 1.04. The van der Waals surface area contributed by atoms with Crippen LogP contribution < -0.4 is 5.32 Å². The third kappa shape index (κ3) is 2.71. The maximum Gasteiger partial charge on any atom is 0.296 e. The van der Waals surface area contributed by atoms with E-state index in [4.69, 9.17) is 0 Å². The minimum absolute atomic E-state index is 0.0522. The number of aryl methyl sites for hydroxylation is 1. The van der Waals surface area contributed by atoms with Crippen molar-refractivity contribution in [2.45, 2.75) is 18.9 Å². The zero-order valence-electron chi connectivity index (χ0n) is 11.0. The summed E-state index contributed by atoms with van der Waals surface area (Å²) >= 11 is 3.45. The Morgan fingerprint density at radius 3 is 2.86 bits per heavy atom. The number of hydrogen-bond donors (Lipinski definition) is 2. The van der Waals surface area contributed by atoms with Crippen molar-refractivity contribution in [1.29, 1.82) is 0 Å². The molecular weight excluding hydrogens is 336 g/mol. The number of phenols is 1. The minimum Gasteiger partial charge on any atom is -0.508 e. The van der Waals surface area contributed by atoms with E-state index < -0.39 is 4.92 Å². The molecule has 2 N–H and O–H groups in total. The van der Waals surface area contributed by atoms with Crippen molar-refractivity contribution < 1.29 is 10.0 Å². The van der Waals surface area contributed by atoms with Gasteiger partial charge in [0.1, 0.15) is 11.4 Å². The molecule has 5 nitrogen and oxygen atoms in total. The van der Waals surface area contributed by atoms with Crippen LogP contribution in [-0.2, 0) is 6.42 Å². The molecule has 0 bridgehead atoms. The van der Waals surface area contributed by atoms with Gasteiger partial charge in [0.2, 0.25) is 0 Å². The first-order chi connectivity index (χ1) is 10.0. The number of benzene rings is 2. The number of nitro benzene ring substituents is 1. The molecule has 6 heteroatoms. The summed E-state index contributed by atoms with van der Waals surface area (Å²) in [4.78, 5) is 10.6. The van der Waals surface area contributed by atoms with Gasteiger partial charge in [-0.1, -0.05) is 22.0 Å². The SMILES string of the molecule is O=[N+]([O-])c1cc(O)ccc1NC1CCc2cc(Br)ccc21. The average Bonchev–Trinajstić information content (AvgIpc) is 2.82. The van der Waals surface area contributed by atoms with Crippen molar-refractivity contribution >= 4 is 27.3 Å². The topological polar surface area (TPSA) is 75.4 Å². The van der Waals surface area contributed by atoms with E-state index in [2.05, 4.69) is 27.3 Å². The molecule has 0 heterocycles. The summed E-state index contributed by atoms with van der Waals surface area (Å²) in [6.45, 7) is 0. The Morgan fingerprint density at radius 2 is 2.10 bits per heavy atom. The number of phenolic OH excluding ortho intramolecular Hbond substituents is 1. The lowest BCUT2D eigenvalue weighted by Crippen LogP contribution is -2.08. The minimum atomic E-state index is -0.487. The summed E-state index contributed by atoms with van der Waals surface area (Å²) in [7, 11) is 0. The first-order valence-electron chi connectivity index (χ1n) is 6.57. The van der Waals surface area contributed by atoms with Crippen LogP contribution in [0.1, 0.15) is 23.6 Å². The Bertz CT molecular complexity index is 718. The average molecular weight is 349 g/mol. The van der Waals surface area contributed by atoms with Crippen LogP contribution in [0.5, 0.6) is 5.75 Å². The maximum atomic E-state index is 11.1. The highest BCUT2D eigenvalue weighted by Crippen LogP contribution is 2.38. The van der Waals surface area contributed by atoms with E-state index in [9.17, 15) is 15.2 Å². The number of nitrogens with zero attached hydrogens (tertiary/aromatic N) is 1. The van der Waals surface area contributed by atoms with E-state index >= 15 is 0 Å². The molecule has 2 aromatic carbocycles. The molecule has 2 aromatic rings. The largest absolute Gasteiger partial charge is 0.508 e. The second kappa shape index (κ2) is 5.37. The second-order valence-corrected chi connectivity index (χ2v) is 5.95. The smallest absolute Gasteiger partial charge is 0.296 e. The van der Waals surface area contributed by atoms with E-state index in [0.29, 0.717) is 5.69 Å². The Kier molecular flexibility index (Phi) is 3.55. The Balaban J connectivity index is 1.91. The highest BCUT2D eigenvalue weighted by atomic mass is 79.9. The molecule has 1 aliphatic rings. The maximum absolute atomic E-state index is 11.1. The van der Waals surface area contributed by atoms with Gasteiger partial charge in [0.05, 0.1) is 17.0 Å². The van der Waals surface area contributed by atoms with Crippen LogP contribution >= 0.6 is 15.9 Å². The Hall–Kier alpha value is -2.08. The molecule has 108 valence electrons. The quantitative estimate of drug-likeness (QED) is 0.496. The lowest BCUT2D eigenvalue weighted by atomic mass is 10.1. The van der Waals surface area contributed by atoms with E-state index in [1.165, 1.54) is 23.3 Å². The number of rotatable bonds is 3. The van der Waals surface area contributed by atoms with Crippen molar-refractivity contribution in [3.05, 3.63) is 62.1 Å². The highest BCUT2D eigenvalue weighted by Gasteiger charge is 2.25. The number of halogens is 1. The highest BCUT2D eigenvalue weighted by molar-refractivity contribution is 9.10. The monoisotopic (exact) mass is 348 g/mol. The van der Waals surface area contributed by atoms with Crippen LogP contribution in [0.2, 0.25) is 0 Å². The molecule has 1 atom stereocenters. The number of fused-ring (bicyclic) bond motifs is 1. The van der Waals surface area contributed by atoms with Gasteiger partial charge in [-0.2, -0.15) is 0 Å². The summed E-state index contributed by atoms with van der Waals surface area (Å²) in [6, 6.07) is 10.3. The van der Waals surface area contributed by atoms with Crippen LogP contribution in [0, 0.1) is 10.1 Å². The second-order valence-electron chi connectivity index (χ2n) is 5.04. The van der Waals surface area contributed by atoms with Gasteiger partial charge in [0, 0.05) is 4.47 Å².